The second-order valence-corrected chi connectivity index (χ2v) is 12.4. The molecular weight excluding hydrogens is 236 g/mol. The average molecular weight is 260 g/mol. The summed E-state index contributed by atoms with van der Waals surface area (Å²) in [4.78, 5) is 23.4. The lowest BCUT2D eigenvalue weighted by atomic mass is 9.93. The van der Waals surface area contributed by atoms with Crippen molar-refractivity contribution in [2.45, 2.75) is 59.0 Å². The van der Waals surface area contributed by atoms with Crippen LogP contribution < -0.4 is 0 Å². The molecule has 5 heteroatoms. The number of hydrogen-bond donors (Lipinski definition) is 1. The molecule has 0 heterocycles. The highest BCUT2D eigenvalue weighted by molar-refractivity contribution is 6.76. The second-order valence-electron chi connectivity index (χ2n) is 6.88. The van der Waals surface area contributed by atoms with E-state index in [4.69, 9.17) is 4.74 Å². The second kappa shape index (κ2) is 4.80. The van der Waals surface area contributed by atoms with Crippen LogP contribution in [-0.4, -0.2) is 30.7 Å². The van der Waals surface area contributed by atoms with Crippen LogP contribution in [0.2, 0.25) is 25.7 Å². The Balaban J connectivity index is 5.10. The van der Waals surface area contributed by atoms with Crippen LogP contribution in [0.4, 0.5) is 0 Å². The van der Waals surface area contributed by atoms with Gasteiger partial charge in [-0.05, 0) is 33.7 Å². The Morgan fingerprint density at radius 3 is 1.76 bits per heavy atom. The summed E-state index contributed by atoms with van der Waals surface area (Å²) in [5.41, 5.74) is -2.09. The van der Waals surface area contributed by atoms with Crippen LogP contribution in [0.3, 0.4) is 0 Å². The highest BCUT2D eigenvalue weighted by Crippen LogP contribution is 2.32. The molecule has 0 aliphatic rings. The summed E-state index contributed by atoms with van der Waals surface area (Å²) in [5, 5.41) is 9.28. The number of carbonyl (C=O) groups excluding carboxylic acids is 1. The van der Waals surface area contributed by atoms with Crippen molar-refractivity contribution in [1.29, 1.82) is 0 Å². The maximum absolute atomic E-state index is 12.0. The van der Waals surface area contributed by atoms with Crippen LogP contribution in [-0.2, 0) is 14.3 Å². The SMILES string of the molecule is CC(C)(C)OC(=O)[C@@](C)(C[Si](C)(C)C)C(=O)O. The largest absolute Gasteiger partial charge is 0.480 e. The lowest BCUT2D eigenvalue weighted by molar-refractivity contribution is -0.174. The van der Waals surface area contributed by atoms with Crippen LogP contribution in [0.25, 0.3) is 0 Å². The van der Waals surface area contributed by atoms with E-state index < -0.39 is 31.0 Å². The molecule has 4 nitrogen and oxygen atoms in total. The molecule has 0 aromatic heterocycles. The fourth-order valence-corrected chi connectivity index (χ4v) is 4.10. The lowest BCUT2D eigenvalue weighted by Crippen LogP contribution is -2.45. The van der Waals surface area contributed by atoms with Gasteiger partial charge in [-0.3, -0.25) is 9.59 Å². The number of aliphatic carboxylic acids is 1. The van der Waals surface area contributed by atoms with Crippen molar-refractivity contribution in [3.63, 3.8) is 0 Å². The Kier molecular flexibility index (Phi) is 4.56. The summed E-state index contributed by atoms with van der Waals surface area (Å²) in [6.07, 6.45) is 0. The number of carboxylic acid groups (broad SMARTS) is 1. The molecule has 0 fully saturated rings. The fourth-order valence-electron chi connectivity index (χ4n) is 1.69. The Bertz CT molecular complexity index is 311. The quantitative estimate of drug-likeness (QED) is 0.479. The van der Waals surface area contributed by atoms with Crippen LogP contribution >= 0.6 is 0 Å². The van der Waals surface area contributed by atoms with Gasteiger partial charge in [0, 0.05) is 8.07 Å². The third kappa shape index (κ3) is 5.34. The molecule has 17 heavy (non-hydrogen) atoms. The minimum atomic E-state index is -1.68. The summed E-state index contributed by atoms with van der Waals surface area (Å²) in [7, 11) is -1.68. The molecule has 0 amide bonds. The van der Waals surface area contributed by atoms with Crippen molar-refractivity contribution in [2.24, 2.45) is 5.41 Å². The molecule has 0 saturated carbocycles. The molecule has 0 unspecified atom stereocenters. The van der Waals surface area contributed by atoms with E-state index >= 15 is 0 Å². The molecular formula is C12H24O4Si. The molecule has 0 aromatic rings. The molecule has 0 bridgehead atoms. The number of esters is 1. The molecule has 1 atom stereocenters. The smallest absolute Gasteiger partial charge is 0.323 e. The van der Waals surface area contributed by atoms with Gasteiger partial charge in [0.05, 0.1) is 0 Å². The monoisotopic (exact) mass is 260 g/mol. The Hall–Kier alpha value is -0.843. The number of rotatable bonds is 4. The highest BCUT2D eigenvalue weighted by atomic mass is 28.3. The van der Waals surface area contributed by atoms with E-state index in [2.05, 4.69) is 0 Å². The topological polar surface area (TPSA) is 63.6 Å². The van der Waals surface area contributed by atoms with Crippen LogP contribution in [0, 0.1) is 5.41 Å². The third-order valence-corrected chi connectivity index (χ3v) is 3.97. The first-order chi connectivity index (χ1) is 7.28. The Morgan fingerprint density at radius 2 is 1.53 bits per heavy atom. The maximum Gasteiger partial charge on any atom is 0.323 e. The molecule has 1 N–H and O–H groups in total. The van der Waals surface area contributed by atoms with E-state index in [1.165, 1.54) is 6.92 Å². The van der Waals surface area contributed by atoms with Gasteiger partial charge < -0.3 is 9.84 Å². The number of carbonyl (C=O) groups is 2. The zero-order valence-electron chi connectivity index (χ0n) is 11.9. The van der Waals surface area contributed by atoms with Gasteiger partial charge in [-0.25, -0.2) is 0 Å². The fraction of sp³-hybridized carbons (Fsp3) is 0.833. The Labute approximate surface area is 104 Å². The standard InChI is InChI=1S/C12H24O4Si/c1-11(2,3)16-10(15)12(4,9(13)14)8-17(5,6)7/h8H2,1-7H3,(H,13,14)/t12-/m0/s1. The molecule has 0 spiro atoms. The Morgan fingerprint density at radius 1 is 1.12 bits per heavy atom. The normalized spacial score (nSPS) is 16.2. The van der Waals surface area contributed by atoms with Gasteiger partial charge in [0.15, 0.2) is 5.41 Å². The van der Waals surface area contributed by atoms with E-state index in [1.807, 2.05) is 19.6 Å². The zero-order chi connectivity index (χ0) is 14.1. The van der Waals surface area contributed by atoms with Gasteiger partial charge >= 0.3 is 11.9 Å². The molecule has 0 rings (SSSR count). The van der Waals surface area contributed by atoms with E-state index in [9.17, 15) is 14.7 Å². The summed E-state index contributed by atoms with van der Waals surface area (Å²) in [6.45, 7) is 12.8. The van der Waals surface area contributed by atoms with Gasteiger partial charge in [-0.1, -0.05) is 19.6 Å². The summed E-state index contributed by atoms with van der Waals surface area (Å²) < 4.78 is 5.21. The van der Waals surface area contributed by atoms with Crippen LogP contribution in [0.15, 0.2) is 0 Å². The first-order valence-corrected chi connectivity index (χ1v) is 9.45. The summed E-state index contributed by atoms with van der Waals surface area (Å²) in [6, 6.07) is 0.379. The van der Waals surface area contributed by atoms with Gasteiger partial charge in [0.2, 0.25) is 0 Å². The molecule has 0 aliphatic carbocycles. The maximum atomic E-state index is 12.0. The zero-order valence-corrected chi connectivity index (χ0v) is 12.9. The van der Waals surface area contributed by atoms with Crippen LogP contribution in [0.1, 0.15) is 27.7 Å². The van der Waals surface area contributed by atoms with Crippen molar-refractivity contribution < 1.29 is 19.4 Å². The minimum absolute atomic E-state index is 0.379. The average Bonchev–Trinajstić information content (AvgIpc) is 1.96. The van der Waals surface area contributed by atoms with Crippen molar-refractivity contribution in [2.75, 3.05) is 0 Å². The highest BCUT2D eigenvalue weighted by Gasteiger charge is 2.47. The van der Waals surface area contributed by atoms with Gasteiger partial charge in [-0.2, -0.15) is 0 Å². The van der Waals surface area contributed by atoms with Gasteiger partial charge in [-0.15, -0.1) is 0 Å². The molecule has 0 aliphatic heterocycles. The van der Waals surface area contributed by atoms with Crippen LogP contribution in [0.5, 0.6) is 0 Å². The summed E-state index contributed by atoms with van der Waals surface area (Å²) in [5.74, 6) is -1.74. The van der Waals surface area contributed by atoms with E-state index in [0.717, 1.165) is 0 Å². The van der Waals surface area contributed by atoms with Crippen molar-refractivity contribution in [3.8, 4) is 0 Å². The predicted octanol–water partition coefficient (Wildman–Crippen LogP) is 2.76. The van der Waals surface area contributed by atoms with E-state index in [-0.39, 0.29) is 0 Å². The predicted molar refractivity (Wildman–Crippen MR) is 69.7 cm³/mol. The summed E-state index contributed by atoms with van der Waals surface area (Å²) >= 11 is 0. The first kappa shape index (κ1) is 16.2. The molecule has 0 saturated heterocycles. The third-order valence-electron chi connectivity index (χ3n) is 2.21. The lowest BCUT2D eigenvalue weighted by Gasteiger charge is -2.32. The molecule has 100 valence electrons. The first-order valence-electron chi connectivity index (χ1n) is 5.75. The molecule has 0 radical (unpaired) electrons. The molecule has 0 aromatic carbocycles. The van der Waals surface area contributed by atoms with Crippen molar-refractivity contribution in [3.05, 3.63) is 0 Å². The van der Waals surface area contributed by atoms with E-state index in [1.54, 1.807) is 20.8 Å². The van der Waals surface area contributed by atoms with Gasteiger partial charge in [0.1, 0.15) is 5.60 Å². The number of carboxylic acids is 1. The van der Waals surface area contributed by atoms with Gasteiger partial charge in [0.25, 0.3) is 0 Å². The minimum Gasteiger partial charge on any atom is -0.480 e. The number of ether oxygens (including phenoxy) is 1. The van der Waals surface area contributed by atoms with Crippen molar-refractivity contribution in [1.82, 2.24) is 0 Å². The number of hydrogen-bond acceptors (Lipinski definition) is 3. The van der Waals surface area contributed by atoms with E-state index in [0.29, 0.717) is 6.04 Å². The van der Waals surface area contributed by atoms with Crippen molar-refractivity contribution >= 4 is 20.0 Å².